The maximum absolute atomic E-state index is 14.3. The molecule has 1 aliphatic heterocycles. The maximum Gasteiger partial charge on any atom is 0.338 e. The molecule has 0 aliphatic carbocycles. The van der Waals surface area contributed by atoms with Crippen molar-refractivity contribution in [3.8, 4) is 5.75 Å². The Morgan fingerprint density at radius 3 is 2.66 bits per heavy atom. The lowest BCUT2D eigenvalue weighted by atomic mass is 9.95. The van der Waals surface area contributed by atoms with Gasteiger partial charge in [-0.2, -0.15) is 0 Å². The van der Waals surface area contributed by atoms with E-state index in [-0.39, 0.29) is 20.7 Å². The van der Waals surface area contributed by atoms with Crippen LogP contribution in [0.3, 0.4) is 0 Å². The Morgan fingerprint density at radius 2 is 1.97 bits per heavy atom. The standard InChI is InChI=1S/C23H18ClFN2O4S/c1-12-19(22(29)31-3)20(13-7-4-5-10-17(13)30-2)27-21(28)18(32-23(27)26-12)11-14-15(24)8-6-9-16(14)25/h4-11,20H,1-3H3/b18-11-/t20-/m1/s1. The van der Waals surface area contributed by atoms with E-state index in [0.29, 0.717) is 21.8 Å². The average molecular weight is 473 g/mol. The van der Waals surface area contributed by atoms with Crippen molar-refractivity contribution in [2.75, 3.05) is 14.2 Å². The second-order valence-corrected chi connectivity index (χ2v) is 8.37. The summed E-state index contributed by atoms with van der Waals surface area (Å²) in [6, 6.07) is 10.6. The number of para-hydroxylation sites is 1. The van der Waals surface area contributed by atoms with Crippen molar-refractivity contribution in [1.29, 1.82) is 0 Å². The molecule has 0 amide bonds. The highest BCUT2D eigenvalue weighted by atomic mass is 35.5. The number of esters is 1. The van der Waals surface area contributed by atoms with Gasteiger partial charge in [0.05, 0.1) is 35.0 Å². The quantitative estimate of drug-likeness (QED) is 0.547. The van der Waals surface area contributed by atoms with Crippen LogP contribution in [0.1, 0.15) is 24.1 Å². The van der Waals surface area contributed by atoms with Gasteiger partial charge in [0, 0.05) is 11.1 Å². The molecule has 1 aliphatic rings. The molecule has 6 nitrogen and oxygen atoms in total. The largest absolute Gasteiger partial charge is 0.496 e. The number of allylic oxidation sites excluding steroid dienone is 1. The molecule has 0 fully saturated rings. The first-order valence-corrected chi connectivity index (χ1v) is 10.7. The molecule has 164 valence electrons. The van der Waals surface area contributed by atoms with Gasteiger partial charge >= 0.3 is 5.97 Å². The Morgan fingerprint density at radius 1 is 1.22 bits per heavy atom. The molecule has 9 heteroatoms. The highest BCUT2D eigenvalue weighted by Crippen LogP contribution is 2.35. The molecule has 0 bridgehead atoms. The Balaban J connectivity index is 2.04. The van der Waals surface area contributed by atoms with Crippen LogP contribution in [0.25, 0.3) is 6.08 Å². The Labute approximate surface area is 191 Å². The number of benzene rings is 2. The van der Waals surface area contributed by atoms with Crippen LogP contribution in [0, 0.1) is 5.82 Å². The lowest BCUT2D eigenvalue weighted by Crippen LogP contribution is -2.40. The van der Waals surface area contributed by atoms with Crippen molar-refractivity contribution < 1.29 is 18.7 Å². The van der Waals surface area contributed by atoms with Gasteiger partial charge in [0.1, 0.15) is 17.6 Å². The lowest BCUT2D eigenvalue weighted by Gasteiger charge is -2.25. The fraction of sp³-hybridized carbons (Fsp3) is 0.174. The summed E-state index contributed by atoms with van der Waals surface area (Å²) in [7, 11) is 2.78. The molecule has 0 unspecified atom stereocenters. The predicted molar refractivity (Wildman–Crippen MR) is 120 cm³/mol. The minimum atomic E-state index is -0.826. The highest BCUT2D eigenvalue weighted by molar-refractivity contribution is 7.07. The van der Waals surface area contributed by atoms with Gasteiger partial charge in [-0.3, -0.25) is 9.36 Å². The second-order valence-electron chi connectivity index (χ2n) is 6.95. The van der Waals surface area contributed by atoms with Crippen LogP contribution in [0.4, 0.5) is 4.39 Å². The van der Waals surface area contributed by atoms with Gasteiger partial charge in [-0.25, -0.2) is 14.2 Å². The summed E-state index contributed by atoms with van der Waals surface area (Å²) in [6.45, 7) is 1.68. The van der Waals surface area contributed by atoms with Gasteiger partial charge in [0.25, 0.3) is 5.56 Å². The van der Waals surface area contributed by atoms with Crippen molar-refractivity contribution >= 4 is 35.0 Å². The molecule has 1 aromatic heterocycles. The van der Waals surface area contributed by atoms with Crippen molar-refractivity contribution in [2.45, 2.75) is 13.0 Å². The predicted octanol–water partition coefficient (Wildman–Crippen LogP) is 3.21. The first kappa shape index (κ1) is 22.0. The third-order valence-corrected chi connectivity index (χ3v) is 6.45. The van der Waals surface area contributed by atoms with Crippen LogP contribution in [-0.2, 0) is 9.53 Å². The van der Waals surface area contributed by atoms with Crippen LogP contribution in [0.15, 0.2) is 63.5 Å². The maximum atomic E-state index is 14.3. The van der Waals surface area contributed by atoms with E-state index in [0.717, 1.165) is 11.3 Å². The smallest absolute Gasteiger partial charge is 0.338 e. The van der Waals surface area contributed by atoms with Crippen LogP contribution >= 0.6 is 22.9 Å². The number of methoxy groups -OCH3 is 2. The van der Waals surface area contributed by atoms with Crippen LogP contribution < -0.4 is 19.6 Å². The van der Waals surface area contributed by atoms with E-state index in [9.17, 15) is 14.0 Å². The number of hydrogen-bond acceptors (Lipinski definition) is 6. The van der Waals surface area contributed by atoms with Gasteiger partial charge in [-0.1, -0.05) is 47.2 Å². The van der Waals surface area contributed by atoms with Gasteiger partial charge in [0.15, 0.2) is 4.80 Å². The Hall–Kier alpha value is -3.23. The monoisotopic (exact) mass is 472 g/mol. The van der Waals surface area contributed by atoms with E-state index in [1.807, 2.05) is 0 Å². The zero-order valence-electron chi connectivity index (χ0n) is 17.4. The first-order valence-electron chi connectivity index (χ1n) is 9.55. The molecule has 0 saturated heterocycles. The summed E-state index contributed by atoms with van der Waals surface area (Å²) in [4.78, 5) is 31.0. The summed E-state index contributed by atoms with van der Waals surface area (Å²) < 4.78 is 26.5. The number of nitrogens with zero attached hydrogens (tertiary/aromatic N) is 2. The van der Waals surface area contributed by atoms with Crippen molar-refractivity contribution in [1.82, 2.24) is 4.57 Å². The minimum Gasteiger partial charge on any atom is -0.496 e. The Kier molecular flexibility index (Phi) is 5.99. The number of hydrogen-bond donors (Lipinski definition) is 0. The molecular weight excluding hydrogens is 455 g/mol. The van der Waals surface area contributed by atoms with Crippen molar-refractivity contribution in [3.05, 3.63) is 95.4 Å². The number of fused-ring (bicyclic) bond motifs is 1. The third-order valence-electron chi connectivity index (χ3n) is 5.14. The normalized spacial score (nSPS) is 15.9. The summed E-state index contributed by atoms with van der Waals surface area (Å²) in [5, 5.41) is 0.184. The summed E-state index contributed by atoms with van der Waals surface area (Å²) in [6.07, 6.45) is 1.40. The highest BCUT2D eigenvalue weighted by Gasteiger charge is 2.34. The topological polar surface area (TPSA) is 69.9 Å². The second kappa shape index (κ2) is 8.72. The fourth-order valence-electron chi connectivity index (χ4n) is 3.66. The fourth-order valence-corrected chi connectivity index (χ4v) is 4.90. The number of aromatic nitrogens is 1. The molecule has 0 spiro atoms. The van der Waals surface area contributed by atoms with Crippen LogP contribution in [0.2, 0.25) is 5.02 Å². The summed E-state index contributed by atoms with van der Waals surface area (Å²) in [5.41, 5.74) is 0.917. The zero-order valence-corrected chi connectivity index (χ0v) is 19.0. The van der Waals surface area contributed by atoms with E-state index in [2.05, 4.69) is 4.99 Å². The van der Waals surface area contributed by atoms with E-state index in [1.165, 1.54) is 37.0 Å². The molecule has 1 atom stereocenters. The van der Waals surface area contributed by atoms with Crippen LogP contribution in [-0.4, -0.2) is 24.8 Å². The molecule has 2 aromatic carbocycles. The van der Waals surface area contributed by atoms with Crippen molar-refractivity contribution in [2.24, 2.45) is 4.99 Å². The molecule has 0 N–H and O–H groups in total. The number of thiazole rings is 1. The lowest BCUT2D eigenvalue weighted by molar-refractivity contribution is -0.136. The number of rotatable bonds is 4. The van der Waals surface area contributed by atoms with E-state index < -0.39 is 23.4 Å². The van der Waals surface area contributed by atoms with E-state index in [4.69, 9.17) is 21.1 Å². The van der Waals surface area contributed by atoms with Gasteiger partial charge in [0.2, 0.25) is 0 Å². The molecule has 4 rings (SSSR count). The van der Waals surface area contributed by atoms with Crippen molar-refractivity contribution in [3.63, 3.8) is 0 Å². The van der Waals surface area contributed by atoms with E-state index in [1.54, 1.807) is 37.3 Å². The molecular formula is C23H18ClFN2O4S. The summed E-state index contributed by atoms with van der Waals surface area (Å²) in [5.74, 6) is -0.648. The van der Waals surface area contributed by atoms with Gasteiger partial charge < -0.3 is 9.47 Å². The number of ether oxygens (including phenoxy) is 2. The van der Waals surface area contributed by atoms with E-state index >= 15 is 0 Å². The van der Waals surface area contributed by atoms with Gasteiger partial charge in [-0.15, -0.1) is 0 Å². The summed E-state index contributed by atoms with van der Waals surface area (Å²) >= 11 is 7.23. The Bertz CT molecular complexity index is 1420. The van der Waals surface area contributed by atoms with Crippen LogP contribution in [0.5, 0.6) is 5.75 Å². The SMILES string of the molecule is COC(=O)C1=C(C)N=c2s/c(=C\c3c(F)cccc3Cl)c(=O)n2[C@@H]1c1ccccc1OC. The molecule has 3 aromatic rings. The average Bonchev–Trinajstić information content (AvgIpc) is 3.09. The van der Waals surface area contributed by atoms with Gasteiger partial charge in [-0.05, 0) is 31.2 Å². The molecule has 0 radical (unpaired) electrons. The first-order chi connectivity index (χ1) is 15.4. The zero-order chi connectivity index (χ0) is 23.0. The molecule has 2 heterocycles. The molecule has 32 heavy (non-hydrogen) atoms. The number of carbonyl (C=O) groups is 1. The number of halogens is 2. The minimum absolute atomic E-state index is 0.108. The molecule has 0 saturated carbocycles. The number of carbonyl (C=O) groups excluding carboxylic acids is 1. The third kappa shape index (κ3) is 3.65.